The van der Waals surface area contributed by atoms with Gasteiger partial charge in [0.1, 0.15) is 12.7 Å². The smallest absolute Gasteiger partial charge is 0.313 e. The number of allylic oxidation sites excluding steroid dienone is 4. The van der Waals surface area contributed by atoms with E-state index in [4.69, 9.17) is 18.9 Å². The lowest BCUT2D eigenvalue weighted by molar-refractivity contribution is -0.170. The quantitative estimate of drug-likeness (QED) is 0.0271. The molecule has 1 unspecified atom stereocenters. The lowest BCUT2D eigenvalue weighted by Gasteiger charge is -2.25. The summed E-state index contributed by atoms with van der Waals surface area (Å²) in [6, 6.07) is 0. The molecule has 0 bridgehead atoms. The molecule has 2 rings (SSSR count). The molecule has 2 fully saturated rings. The fraction of sp³-hybridized carbons (Fsp3) is 0.854. The zero-order valence-corrected chi connectivity index (χ0v) is 36.7. The van der Waals surface area contributed by atoms with Gasteiger partial charge in [0.05, 0.1) is 12.0 Å². The number of hydrogen-bond acceptors (Lipinski definition) is 8. The number of nitrogens with zero attached hydrogens (tertiary/aromatic N) is 1. The largest absolute Gasteiger partial charge is 0.462 e. The summed E-state index contributed by atoms with van der Waals surface area (Å²) >= 11 is 0. The predicted octanol–water partition coefficient (Wildman–Crippen LogP) is 12.2. The molecule has 0 saturated carbocycles. The van der Waals surface area contributed by atoms with Crippen LogP contribution in [0.2, 0.25) is 0 Å². The molecule has 324 valence electrons. The maximum absolute atomic E-state index is 13.0. The van der Waals surface area contributed by atoms with Crippen LogP contribution in [0.5, 0.6) is 0 Å². The molecule has 0 amide bonds. The summed E-state index contributed by atoms with van der Waals surface area (Å²) in [5.41, 5.74) is -0.570. The van der Waals surface area contributed by atoms with E-state index in [0.29, 0.717) is 19.4 Å². The van der Waals surface area contributed by atoms with Crippen LogP contribution in [0, 0.1) is 5.41 Å². The van der Waals surface area contributed by atoms with Crippen LogP contribution in [0.25, 0.3) is 0 Å². The van der Waals surface area contributed by atoms with Crippen LogP contribution in [0.3, 0.4) is 0 Å². The van der Waals surface area contributed by atoms with Crippen molar-refractivity contribution in [2.75, 3.05) is 33.4 Å². The number of carbonyl (C=O) groups is 3. The first kappa shape index (κ1) is 50.0. The van der Waals surface area contributed by atoms with Crippen LogP contribution in [-0.4, -0.2) is 74.5 Å². The third kappa shape index (κ3) is 23.9. The number of likely N-dealkylation sites (tertiary alicyclic amines) is 1. The van der Waals surface area contributed by atoms with Crippen LogP contribution < -0.4 is 0 Å². The van der Waals surface area contributed by atoms with Crippen molar-refractivity contribution < 1.29 is 33.3 Å². The van der Waals surface area contributed by atoms with Crippen LogP contribution in [0.4, 0.5) is 0 Å². The minimum Gasteiger partial charge on any atom is -0.462 e. The van der Waals surface area contributed by atoms with Gasteiger partial charge in [-0.3, -0.25) is 14.4 Å². The SMILES string of the molecule is CCCCCCCC/C=C\CCCCCCCC(=O)O[C@@H]1[C@@H](OC(=O)CCCCCCC/C=C\CCCCCCCC)CO[C@@H]1COC(=O)C1(C)CCN(C)C1. The van der Waals surface area contributed by atoms with Crippen molar-refractivity contribution >= 4 is 17.9 Å². The minimum absolute atomic E-state index is 0.0359. The van der Waals surface area contributed by atoms with E-state index in [1.165, 1.54) is 103 Å². The summed E-state index contributed by atoms with van der Waals surface area (Å²) < 4.78 is 23.5. The highest BCUT2D eigenvalue weighted by Crippen LogP contribution is 2.31. The normalized spacial score (nSPS) is 21.4. The van der Waals surface area contributed by atoms with Gasteiger partial charge in [-0.1, -0.05) is 141 Å². The Balaban J connectivity index is 1.67. The summed E-state index contributed by atoms with van der Waals surface area (Å²) in [5.74, 6) is -0.890. The van der Waals surface area contributed by atoms with E-state index in [9.17, 15) is 14.4 Å². The summed E-state index contributed by atoms with van der Waals surface area (Å²) in [6.07, 6.45) is 39.6. The topological polar surface area (TPSA) is 91.4 Å². The highest BCUT2D eigenvalue weighted by molar-refractivity contribution is 5.77. The molecule has 0 aromatic carbocycles. The van der Waals surface area contributed by atoms with Gasteiger partial charge in [-0.2, -0.15) is 0 Å². The van der Waals surface area contributed by atoms with Gasteiger partial charge in [0, 0.05) is 19.4 Å². The third-order valence-corrected chi connectivity index (χ3v) is 11.6. The zero-order valence-electron chi connectivity index (χ0n) is 36.7. The molecular weight excluding hydrogens is 703 g/mol. The van der Waals surface area contributed by atoms with Gasteiger partial charge in [-0.15, -0.1) is 0 Å². The minimum atomic E-state index is -0.796. The van der Waals surface area contributed by atoms with Gasteiger partial charge in [-0.25, -0.2) is 0 Å². The van der Waals surface area contributed by atoms with Crippen molar-refractivity contribution in [2.45, 2.75) is 225 Å². The molecule has 0 radical (unpaired) electrons. The second kappa shape index (κ2) is 32.7. The standard InChI is InChI=1S/C48H85NO7/c1-5-7-9-11-13-15-17-19-21-23-25-27-29-31-33-35-44(50)55-43-40-53-42(39-54-47(52)48(3)37-38-49(4)41-48)46(43)56-45(51)36-34-32-30-28-26-24-22-20-18-16-14-12-10-8-6-2/h19-22,42-43,46H,5-18,23-41H2,1-4H3/b21-19-,22-20-/t42-,43+,46+,48?/m1/s1. The Kier molecular flexibility index (Phi) is 29.2. The highest BCUT2D eigenvalue weighted by atomic mass is 16.6. The molecule has 2 saturated heterocycles. The Morgan fingerprint density at radius 3 is 1.50 bits per heavy atom. The molecule has 8 heteroatoms. The number of esters is 3. The molecule has 56 heavy (non-hydrogen) atoms. The molecule has 2 aliphatic rings. The molecule has 4 atom stereocenters. The van der Waals surface area contributed by atoms with Crippen molar-refractivity contribution in [1.82, 2.24) is 4.90 Å². The fourth-order valence-corrected chi connectivity index (χ4v) is 7.85. The maximum Gasteiger partial charge on any atom is 0.313 e. The van der Waals surface area contributed by atoms with Gasteiger partial charge >= 0.3 is 17.9 Å². The predicted molar refractivity (Wildman–Crippen MR) is 230 cm³/mol. The molecule has 2 heterocycles. The molecule has 0 aromatic heterocycles. The van der Waals surface area contributed by atoms with Crippen molar-refractivity contribution in [3.8, 4) is 0 Å². The Bertz CT molecular complexity index is 1080. The first-order chi connectivity index (χ1) is 27.3. The first-order valence-corrected chi connectivity index (χ1v) is 23.5. The van der Waals surface area contributed by atoms with Gasteiger partial charge < -0.3 is 23.8 Å². The van der Waals surface area contributed by atoms with E-state index in [1.807, 2.05) is 14.0 Å². The molecular formula is C48H85NO7. The van der Waals surface area contributed by atoms with Crippen molar-refractivity contribution in [3.63, 3.8) is 0 Å². The Morgan fingerprint density at radius 2 is 1.05 bits per heavy atom. The average Bonchev–Trinajstić information content (AvgIpc) is 3.74. The second-order valence-electron chi connectivity index (χ2n) is 17.2. The van der Waals surface area contributed by atoms with Gasteiger partial charge in [-0.05, 0) is 91.1 Å². The first-order valence-electron chi connectivity index (χ1n) is 23.5. The van der Waals surface area contributed by atoms with Gasteiger partial charge in [0.15, 0.2) is 12.2 Å². The molecule has 0 aromatic rings. The molecule has 0 spiro atoms. The van der Waals surface area contributed by atoms with Gasteiger partial charge in [0.2, 0.25) is 0 Å². The van der Waals surface area contributed by atoms with Crippen LogP contribution in [0.15, 0.2) is 24.3 Å². The lowest BCUT2D eigenvalue weighted by Crippen LogP contribution is -2.41. The van der Waals surface area contributed by atoms with E-state index in [2.05, 4.69) is 43.1 Å². The van der Waals surface area contributed by atoms with Crippen molar-refractivity contribution in [2.24, 2.45) is 5.41 Å². The number of rotatable bonds is 35. The van der Waals surface area contributed by atoms with E-state index in [1.54, 1.807) is 0 Å². The van der Waals surface area contributed by atoms with Crippen LogP contribution in [-0.2, 0) is 33.3 Å². The van der Waals surface area contributed by atoms with E-state index < -0.39 is 23.7 Å². The molecule has 0 N–H and O–H groups in total. The molecule has 8 nitrogen and oxygen atoms in total. The fourth-order valence-electron chi connectivity index (χ4n) is 7.85. The highest BCUT2D eigenvalue weighted by Gasteiger charge is 2.45. The Labute approximate surface area is 343 Å². The Morgan fingerprint density at radius 1 is 0.625 bits per heavy atom. The molecule has 2 aliphatic heterocycles. The summed E-state index contributed by atoms with van der Waals surface area (Å²) in [6.45, 7) is 8.01. The van der Waals surface area contributed by atoms with E-state index in [0.717, 1.165) is 77.2 Å². The average molecular weight is 788 g/mol. The zero-order chi connectivity index (χ0) is 40.5. The second-order valence-corrected chi connectivity index (χ2v) is 17.2. The lowest BCUT2D eigenvalue weighted by atomic mass is 9.90. The Hall–Kier alpha value is -2.19. The van der Waals surface area contributed by atoms with Crippen molar-refractivity contribution in [3.05, 3.63) is 24.3 Å². The third-order valence-electron chi connectivity index (χ3n) is 11.6. The van der Waals surface area contributed by atoms with Crippen LogP contribution in [0.1, 0.15) is 207 Å². The number of unbranched alkanes of at least 4 members (excludes halogenated alkanes) is 22. The summed E-state index contributed by atoms with van der Waals surface area (Å²) in [7, 11) is 2.00. The van der Waals surface area contributed by atoms with Gasteiger partial charge in [0.25, 0.3) is 0 Å². The van der Waals surface area contributed by atoms with Crippen molar-refractivity contribution in [1.29, 1.82) is 0 Å². The number of hydrogen-bond donors (Lipinski definition) is 0. The monoisotopic (exact) mass is 788 g/mol. The summed E-state index contributed by atoms with van der Waals surface area (Å²) in [5, 5.41) is 0. The van der Waals surface area contributed by atoms with E-state index >= 15 is 0 Å². The summed E-state index contributed by atoms with van der Waals surface area (Å²) in [4.78, 5) is 41.1. The van der Waals surface area contributed by atoms with Crippen LogP contribution >= 0.6 is 0 Å². The number of carbonyl (C=O) groups excluding carboxylic acids is 3. The molecule has 0 aliphatic carbocycles. The maximum atomic E-state index is 13.0. The van der Waals surface area contributed by atoms with E-state index in [-0.39, 0.29) is 31.1 Å². The number of ether oxygens (including phenoxy) is 4.